The molecule has 130 valence electrons. The van der Waals surface area contributed by atoms with Gasteiger partial charge in [-0.1, -0.05) is 0 Å². The lowest BCUT2D eigenvalue weighted by Gasteiger charge is -2.39. The summed E-state index contributed by atoms with van der Waals surface area (Å²) in [6.45, 7) is -0.608. The lowest BCUT2D eigenvalue weighted by Crippen LogP contribution is -2.60. The predicted octanol–water partition coefficient (Wildman–Crippen LogP) is -1.32. The van der Waals surface area contributed by atoms with Gasteiger partial charge in [-0.2, -0.15) is 0 Å². The lowest BCUT2D eigenvalue weighted by atomic mass is 9.99. The van der Waals surface area contributed by atoms with Crippen molar-refractivity contribution < 1.29 is 39.4 Å². The third-order valence-corrected chi connectivity index (χ3v) is 3.82. The normalized spacial score (nSPS) is 30.4. The number of aliphatic hydroxyl groups is 4. The summed E-state index contributed by atoms with van der Waals surface area (Å²) >= 11 is 0. The number of rotatable bonds is 3. The first-order chi connectivity index (χ1) is 11.4. The fourth-order valence-corrected chi connectivity index (χ4v) is 2.48. The van der Waals surface area contributed by atoms with E-state index in [4.69, 9.17) is 19.0 Å². The number of benzene rings is 1. The minimum atomic E-state index is -1.62. The Labute approximate surface area is 134 Å². The van der Waals surface area contributed by atoms with Crippen molar-refractivity contribution in [2.45, 2.75) is 30.7 Å². The van der Waals surface area contributed by atoms with E-state index in [1.807, 2.05) is 0 Å². The Balaban J connectivity index is 1.91. The second kappa shape index (κ2) is 6.38. The van der Waals surface area contributed by atoms with Gasteiger partial charge in [-0.25, -0.2) is 4.79 Å². The van der Waals surface area contributed by atoms with Crippen LogP contribution in [0, 0.1) is 0 Å². The molecule has 2 heterocycles. The highest BCUT2D eigenvalue weighted by atomic mass is 16.7. The molecule has 0 unspecified atom stereocenters. The van der Waals surface area contributed by atoms with Gasteiger partial charge in [-0.05, 0) is 18.2 Å². The van der Waals surface area contributed by atoms with Crippen molar-refractivity contribution in [3.8, 4) is 11.5 Å². The summed E-state index contributed by atoms with van der Waals surface area (Å²) in [5.74, 6) is -0.650. The standard InChI is InChI=1S/C15H16O9/c16-5-8-10(18)12(20)13(21)15(23-8)22-7-3-1-6-2-4-9(17)24-14(6)11(7)19/h1-4,8,10,12-13,15-16,18-21H,5H2/t8-,10+,12+,13-,15+/m0/s1. The number of hydrogen-bond acceptors (Lipinski definition) is 9. The number of hydrogen-bond donors (Lipinski definition) is 5. The molecular formula is C15H16O9. The maximum absolute atomic E-state index is 11.3. The van der Waals surface area contributed by atoms with Crippen LogP contribution in [-0.2, 0) is 4.74 Å². The van der Waals surface area contributed by atoms with Crippen molar-refractivity contribution in [3.05, 3.63) is 34.7 Å². The van der Waals surface area contributed by atoms with Gasteiger partial charge in [0.25, 0.3) is 0 Å². The summed E-state index contributed by atoms with van der Waals surface area (Å²) in [6.07, 6.45) is -7.36. The lowest BCUT2D eigenvalue weighted by molar-refractivity contribution is -0.277. The molecule has 24 heavy (non-hydrogen) atoms. The Morgan fingerprint density at radius 2 is 1.75 bits per heavy atom. The van der Waals surface area contributed by atoms with E-state index in [1.54, 1.807) is 0 Å². The molecule has 1 aliphatic heterocycles. The van der Waals surface area contributed by atoms with Gasteiger partial charge in [0.1, 0.15) is 24.4 Å². The van der Waals surface area contributed by atoms with Gasteiger partial charge >= 0.3 is 5.63 Å². The van der Waals surface area contributed by atoms with Gasteiger partial charge in [0.2, 0.25) is 12.0 Å². The first kappa shape index (κ1) is 16.7. The highest BCUT2D eigenvalue weighted by molar-refractivity contribution is 5.84. The molecular weight excluding hydrogens is 324 g/mol. The Morgan fingerprint density at radius 3 is 2.46 bits per heavy atom. The zero-order valence-electron chi connectivity index (χ0n) is 12.3. The van der Waals surface area contributed by atoms with Crippen molar-refractivity contribution >= 4 is 11.0 Å². The fourth-order valence-electron chi connectivity index (χ4n) is 2.48. The van der Waals surface area contributed by atoms with E-state index in [2.05, 4.69) is 0 Å². The number of phenols is 1. The smallest absolute Gasteiger partial charge is 0.336 e. The van der Waals surface area contributed by atoms with Gasteiger partial charge in [0, 0.05) is 11.5 Å². The second-order valence-electron chi connectivity index (χ2n) is 5.40. The third-order valence-electron chi connectivity index (χ3n) is 3.82. The quantitative estimate of drug-likeness (QED) is 0.429. The molecule has 9 heteroatoms. The summed E-state index contributed by atoms with van der Waals surface area (Å²) in [7, 11) is 0. The first-order valence-electron chi connectivity index (χ1n) is 7.15. The van der Waals surface area contributed by atoms with Gasteiger partial charge in [-0.15, -0.1) is 0 Å². The van der Waals surface area contributed by atoms with Crippen LogP contribution in [0.5, 0.6) is 11.5 Å². The van der Waals surface area contributed by atoms with Crippen LogP contribution in [0.25, 0.3) is 11.0 Å². The molecule has 1 aliphatic rings. The van der Waals surface area contributed by atoms with Crippen molar-refractivity contribution in [1.29, 1.82) is 0 Å². The molecule has 0 radical (unpaired) electrons. The zero-order valence-corrected chi connectivity index (χ0v) is 12.3. The molecule has 0 aliphatic carbocycles. The number of aliphatic hydroxyl groups excluding tert-OH is 4. The summed E-state index contributed by atoms with van der Waals surface area (Å²) in [5, 5.41) is 49.2. The third kappa shape index (κ3) is 2.83. The molecule has 3 rings (SSSR count). The van der Waals surface area contributed by atoms with Crippen LogP contribution >= 0.6 is 0 Å². The second-order valence-corrected chi connectivity index (χ2v) is 5.40. The average molecular weight is 340 g/mol. The molecule has 1 aromatic heterocycles. The molecule has 5 atom stereocenters. The van der Waals surface area contributed by atoms with E-state index >= 15 is 0 Å². The van der Waals surface area contributed by atoms with E-state index in [1.165, 1.54) is 24.3 Å². The number of aromatic hydroxyl groups is 1. The number of ether oxygens (including phenoxy) is 2. The van der Waals surface area contributed by atoms with Crippen molar-refractivity contribution in [3.63, 3.8) is 0 Å². The number of fused-ring (bicyclic) bond motifs is 1. The van der Waals surface area contributed by atoms with Gasteiger partial charge in [0.15, 0.2) is 11.3 Å². The van der Waals surface area contributed by atoms with Gasteiger partial charge in [0.05, 0.1) is 6.61 Å². The first-order valence-corrected chi connectivity index (χ1v) is 7.15. The Kier molecular flexibility index (Phi) is 4.43. The van der Waals surface area contributed by atoms with E-state index in [0.717, 1.165) is 0 Å². The molecule has 1 aromatic carbocycles. The van der Waals surface area contributed by atoms with Crippen molar-refractivity contribution in [1.82, 2.24) is 0 Å². The van der Waals surface area contributed by atoms with Gasteiger partial charge in [-0.3, -0.25) is 0 Å². The highest BCUT2D eigenvalue weighted by Gasteiger charge is 2.45. The summed E-state index contributed by atoms with van der Waals surface area (Å²) in [4.78, 5) is 11.3. The van der Waals surface area contributed by atoms with E-state index in [0.29, 0.717) is 5.39 Å². The molecule has 1 fully saturated rings. The molecule has 0 amide bonds. The molecule has 1 saturated heterocycles. The van der Waals surface area contributed by atoms with Crippen LogP contribution in [0.2, 0.25) is 0 Å². The molecule has 5 N–H and O–H groups in total. The summed E-state index contributed by atoms with van der Waals surface area (Å²) < 4.78 is 15.4. The summed E-state index contributed by atoms with van der Waals surface area (Å²) in [5.41, 5.74) is -0.771. The molecule has 0 bridgehead atoms. The average Bonchev–Trinajstić information content (AvgIpc) is 2.58. The molecule has 9 nitrogen and oxygen atoms in total. The zero-order chi connectivity index (χ0) is 17.4. The SMILES string of the molecule is O=c1ccc2ccc(O[C@@H]3O[C@@H](CO)[C@@H](O)[C@@H](O)[C@@H]3O)c(O)c2o1. The highest BCUT2D eigenvalue weighted by Crippen LogP contribution is 2.35. The maximum atomic E-state index is 11.3. The largest absolute Gasteiger partial charge is 0.502 e. The van der Waals surface area contributed by atoms with Crippen LogP contribution in [0.1, 0.15) is 0 Å². The summed E-state index contributed by atoms with van der Waals surface area (Å²) in [6, 6.07) is 5.52. The predicted molar refractivity (Wildman–Crippen MR) is 78.5 cm³/mol. The van der Waals surface area contributed by atoms with Crippen LogP contribution in [0.3, 0.4) is 0 Å². The van der Waals surface area contributed by atoms with Crippen LogP contribution < -0.4 is 10.4 Å². The molecule has 0 saturated carbocycles. The van der Waals surface area contributed by atoms with Crippen LogP contribution in [0.4, 0.5) is 0 Å². The van der Waals surface area contributed by atoms with Crippen molar-refractivity contribution in [2.75, 3.05) is 6.61 Å². The van der Waals surface area contributed by atoms with Crippen LogP contribution in [-0.4, -0.2) is 62.8 Å². The monoisotopic (exact) mass is 340 g/mol. The Morgan fingerprint density at radius 1 is 1.04 bits per heavy atom. The van der Waals surface area contributed by atoms with Crippen molar-refractivity contribution in [2.24, 2.45) is 0 Å². The fraction of sp³-hybridized carbons (Fsp3) is 0.400. The molecule has 2 aromatic rings. The van der Waals surface area contributed by atoms with E-state index in [9.17, 15) is 25.2 Å². The minimum Gasteiger partial charge on any atom is -0.502 e. The van der Waals surface area contributed by atoms with E-state index < -0.39 is 48.7 Å². The topological polar surface area (TPSA) is 150 Å². The molecule has 0 spiro atoms. The van der Waals surface area contributed by atoms with Gasteiger partial charge < -0.3 is 39.4 Å². The Hall–Kier alpha value is -2.17. The van der Waals surface area contributed by atoms with Crippen LogP contribution in [0.15, 0.2) is 33.5 Å². The minimum absolute atomic E-state index is 0.107. The number of phenolic OH excluding ortho intramolecular Hbond substituents is 1. The Bertz CT molecular complexity index is 784. The maximum Gasteiger partial charge on any atom is 0.336 e. The van der Waals surface area contributed by atoms with E-state index in [-0.39, 0.29) is 11.3 Å².